The minimum Gasteiger partial charge on any atom is -0.463 e. The van der Waals surface area contributed by atoms with Crippen molar-refractivity contribution in [1.82, 2.24) is 0 Å². The number of rotatable bonds is 6. The van der Waals surface area contributed by atoms with Crippen molar-refractivity contribution in [3.05, 3.63) is 0 Å². The molecular formula is C18H28O8. The van der Waals surface area contributed by atoms with Crippen LogP contribution in [0.2, 0.25) is 0 Å². The fraction of sp³-hybridized carbons (Fsp3) is 0.833. The van der Waals surface area contributed by atoms with E-state index in [1.54, 1.807) is 0 Å². The third-order valence-electron chi connectivity index (χ3n) is 4.45. The van der Waals surface area contributed by atoms with E-state index >= 15 is 0 Å². The third kappa shape index (κ3) is 6.57. The van der Waals surface area contributed by atoms with Crippen molar-refractivity contribution in [3.63, 3.8) is 0 Å². The summed E-state index contributed by atoms with van der Waals surface area (Å²) in [6.07, 6.45) is 2.71. The third-order valence-corrected chi connectivity index (χ3v) is 4.45. The van der Waals surface area contributed by atoms with Gasteiger partial charge in [-0.05, 0) is 12.8 Å². The van der Waals surface area contributed by atoms with Crippen molar-refractivity contribution in [2.45, 2.75) is 90.0 Å². The standard InChI is InChI=1S/C18H28O8/c1-11(19)22-10-16-18(24-13(3)21)15(23-12(2)20)9-17(26-16)25-14-7-5-4-6-8-14/h14-18H,4-10H2,1-3H3/t15-,16-,17?,18+/m1/s1. The van der Waals surface area contributed by atoms with Crippen LogP contribution in [0.5, 0.6) is 0 Å². The normalized spacial score (nSPS) is 29.7. The van der Waals surface area contributed by atoms with E-state index in [1.807, 2.05) is 0 Å². The molecule has 0 N–H and O–H groups in total. The molecule has 1 heterocycles. The fourth-order valence-electron chi connectivity index (χ4n) is 3.40. The first-order valence-corrected chi connectivity index (χ1v) is 9.14. The smallest absolute Gasteiger partial charge is 0.303 e. The van der Waals surface area contributed by atoms with E-state index in [-0.39, 0.29) is 19.1 Å². The minimum absolute atomic E-state index is 0.0892. The summed E-state index contributed by atoms with van der Waals surface area (Å²) in [6, 6.07) is 0. The topological polar surface area (TPSA) is 97.4 Å². The number of esters is 3. The Bertz CT molecular complexity index is 499. The van der Waals surface area contributed by atoms with E-state index in [2.05, 4.69) is 0 Å². The van der Waals surface area contributed by atoms with Gasteiger partial charge in [0.05, 0.1) is 6.10 Å². The molecule has 1 saturated carbocycles. The zero-order chi connectivity index (χ0) is 19.1. The largest absolute Gasteiger partial charge is 0.463 e. The first-order valence-electron chi connectivity index (χ1n) is 9.14. The van der Waals surface area contributed by atoms with E-state index < -0.39 is 42.5 Å². The van der Waals surface area contributed by atoms with Crippen molar-refractivity contribution < 1.29 is 38.1 Å². The molecule has 1 saturated heterocycles. The van der Waals surface area contributed by atoms with Crippen LogP contribution in [-0.2, 0) is 38.1 Å². The fourth-order valence-corrected chi connectivity index (χ4v) is 3.40. The molecule has 0 radical (unpaired) electrons. The highest BCUT2D eigenvalue weighted by atomic mass is 16.7. The van der Waals surface area contributed by atoms with Gasteiger partial charge in [0.1, 0.15) is 18.8 Å². The first kappa shape index (κ1) is 20.6. The highest BCUT2D eigenvalue weighted by Gasteiger charge is 2.44. The van der Waals surface area contributed by atoms with Gasteiger partial charge in [-0.1, -0.05) is 19.3 Å². The van der Waals surface area contributed by atoms with Crippen LogP contribution in [0, 0.1) is 0 Å². The van der Waals surface area contributed by atoms with Gasteiger partial charge in [-0.25, -0.2) is 0 Å². The molecule has 148 valence electrons. The van der Waals surface area contributed by atoms with Crippen LogP contribution < -0.4 is 0 Å². The van der Waals surface area contributed by atoms with Crippen molar-refractivity contribution in [1.29, 1.82) is 0 Å². The summed E-state index contributed by atoms with van der Waals surface area (Å²) in [7, 11) is 0. The van der Waals surface area contributed by atoms with Crippen molar-refractivity contribution >= 4 is 17.9 Å². The molecular weight excluding hydrogens is 344 g/mol. The van der Waals surface area contributed by atoms with Crippen LogP contribution in [0.1, 0.15) is 59.3 Å². The van der Waals surface area contributed by atoms with E-state index in [9.17, 15) is 14.4 Å². The Hall–Kier alpha value is -1.67. The highest BCUT2D eigenvalue weighted by Crippen LogP contribution is 2.30. The van der Waals surface area contributed by atoms with Crippen LogP contribution in [0.25, 0.3) is 0 Å². The minimum atomic E-state index is -0.859. The molecule has 1 unspecified atom stereocenters. The molecule has 8 nitrogen and oxygen atoms in total. The number of hydrogen-bond donors (Lipinski definition) is 0. The number of hydrogen-bond acceptors (Lipinski definition) is 8. The summed E-state index contributed by atoms with van der Waals surface area (Å²) >= 11 is 0. The van der Waals surface area contributed by atoms with Gasteiger partial charge >= 0.3 is 17.9 Å². The summed E-state index contributed by atoms with van der Waals surface area (Å²) in [5.41, 5.74) is 0. The maximum absolute atomic E-state index is 11.5. The average molecular weight is 372 g/mol. The molecule has 26 heavy (non-hydrogen) atoms. The maximum Gasteiger partial charge on any atom is 0.303 e. The molecule has 8 heteroatoms. The molecule has 0 aromatic carbocycles. The Morgan fingerprint density at radius 1 is 0.923 bits per heavy atom. The number of carbonyl (C=O) groups is 3. The van der Waals surface area contributed by atoms with E-state index in [4.69, 9.17) is 23.7 Å². The predicted molar refractivity (Wildman–Crippen MR) is 89.0 cm³/mol. The monoisotopic (exact) mass is 372 g/mol. The molecule has 2 rings (SSSR count). The molecule has 1 aliphatic heterocycles. The second-order valence-corrected chi connectivity index (χ2v) is 6.76. The van der Waals surface area contributed by atoms with Gasteiger partial charge in [0.2, 0.25) is 0 Å². The molecule has 4 atom stereocenters. The van der Waals surface area contributed by atoms with Crippen molar-refractivity contribution in [3.8, 4) is 0 Å². The summed E-state index contributed by atoms with van der Waals surface area (Å²) < 4.78 is 27.6. The Morgan fingerprint density at radius 2 is 1.58 bits per heavy atom. The van der Waals surface area contributed by atoms with E-state index in [1.165, 1.54) is 27.2 Å². The second kappa shape index (κ2) is 9.87. The van der Waals surface area contributed by atoms with Gasteiger partial charge < -0.3 is 23.7 Å². The molecule has 0 aromatic rings. The van der Waals surface area contributed by atoms with Crippen LogP contribution in [0.4, 0.5) is 0 Å². The molecule has 0 amide bonds. The molecule has 0 bridgehead atoms. The lowest BCUT2D eigenvalue weighted by Gasteiger charge is -2.41. The quantitative estimate of drug-likeness (QED) is 0.515. The summed E-state index contributed by atoms with van der Waals surface area (Å²) in [5, 5.41) is 0. The molecule has 1 aliphatic carbocycles. The van der Waals surface area contributed by atoms with Crippen LogP contribution in [0.3, 0.4) is 0 Å². The van der Waals surface area contributed by atoms with E-state index in [0.29, 0.717) is 0 Å². The van der Waals surface area contributed by atoms with Gasteiger partial charge in [-0.3, -0.25) is 14.4 Å². The zero-order valence-electron chi connectivity index (χ0n) is 15.6. The van der Waals surface area contributed by atoms with Crippen molar-refractivity contribution in [2.75, 3.05) is 6.61 Å². The SMILES string of the molecule is CC(=O)OC[C@H]1OC(OC2CCCCC2)C[C@@H](OC(C)=O)[C@@H]1OC(C)=O. The second-order valence-electron chi connectivity index (χ2n) is 6.76. The maximum atomic E-state index is 11.5. The van der Waals surface area contributed by atoms with Gasteiger partial charge in [0.25, 0.3) is 0 Å². The van der Waals surface area contributed by atoms with Crippen molar-refractivity contribution in [2.24, 2.45) is 0 Å². The number of carbonyl (C=O) groups excluding carboxylic acids is 3. The molecule has 2 fully saturated rings. The predicted octanol–water partition coefficient (Wildman–Crippen LogP) is 1.88. The van der Waals surface area contributed by atoms with E-state index in [0.717, 1.165) is 25.7 Å². The average Bonchev–Trinajstić information content (AvgIpc) is 2.55. The van der Waals surface area contributed by atoms with Gasteiger partial charge in [-0.2, -0.15) is 0 Å². The van der Waals surface area contributed by atoms with Crippen LogP contribution >= 0.6 is 0 Å². The Labute approximate surface area is 153 Å². The Morgan fingerprint density at radius 3 is 2.15 bits per heavy atom. The summed E-state index contributed by atoms with van der Waals surface area (Å²) in [6.45, 7) is 3.72. The first-order chi connectivity index (χ1) is 12.3. The van der Waals surface area contributed by atoms with Crippen LogP contribution in [-0.4, -0.2) is 55.2 Å². The molecule has 0 aromatic heterocycles. The number of ether oxygens (including phenoxy) is 5. The lowest BCUT2D eigenvalue weighted by molar-refractivity contribution is -0.278. The summed E-state index contributed by atoms with van der Waals surface area (Å²) in [5.74, 6) is -1.50. The highest BCUT2D eigenvalue weighted by molar-refractivity contribution is 5.67. The molecule has 2 aliphatic rings. The Balaban J connectivity index is 2.10. The van der Waals surface area contributed by atoms with Crippen LogP contribution in [0.15, 0.2) is 0 Å². The van der Waals surface area contributed by atoms with Gasteiger partial charge in [0, 0.05) is 27.2 Å². The lowest BCUT2D eigenvalue weighted by atomic mass is 9.97. The summed E-state index contributed by atoms with van der Waals surface area (Å²) in [4.78, 5) is 34.1. The van der Waals surface area contributed by atoms with Gasteiger partial charge in [-0.15, -0.1) is 0 Å². The zero-order valence-corrected chi connectivity index (χ0v) is 15.6. The van der Waals surface area contributed by atoms with Gasteiger partial charge in [0.15, 0.2) is 12.4 Å². The lowest BCUT2D eigenvalue weighted by Crippen LogP contribution is -2.54. The molecule has 0 spiro atoms. The Kier molecular flexibility index (Phi) is 7.84.